The number of nitrogens with zero attached hydrogens (tertiary/aromatic N) is 3. The van der Waals surface area contributed by atoms with Crippen LogP contribution in [0.15, 0.2) is 0 Å². The van der Waals surface area contributed by atoms with Crippen molar-refractivity contribution >= 4 is 11.8 Å². The normalized spacial score (nSPS) is 25.8. The summed E-state index contributed by atoms with van der Waals surface area (Å²) < 4.78 is 0. The second kappa shape index (κ2) is 9.40. The van der Waals surface area contributed by atoms with E-state index >= 15 is 0 Å². The van der Waals surface area contributed by atoms with Crippen molar-refractivity contribution in [1.82, 2.24) is 14.7 Å². The van der Waals surface area contributed by atoms with Crippen LogP contribution in [-0.4, -0.2) is 72.3 Å². The quantitative estimate of drug-likeness (QED) is 0.698. The maximum absolute atomic E-state index is 12.6. The SMILES string of the molecule is CCCCCC(=O)N1CCN(CC(=O)N2CC(C)CC(C)C2)CC1. The monoisotopic (exact) mass is 337 g/mol. The molecule has 0 aromatic rings. The Morgan fingerprint density at radius 1 is 0.875 bits per heavy atom. The first kappa shape index (κ1) is 19.2. The van der Waals surface area contributed by atoms with Gasteiger partial charge in [-0.1, -0.05) is 33.6 Å². The van der Waals surface area contributed by atoms with Crippen LogP contribution in [0.5, 0.6) is 0 Å². The summed E-state index contributed by atoms with van der Waals surface area (Å²) in [6, 6.07) is 0. The fraction of sp³-hybridized carbons (Fsp3) is 0.895. The molecule has 2 heterocycles. The van der Waals surface area contributed by atoms with Crippen LogP contribution >= 0.6 is 0 Å². The van der Waals surface area contributed by atoms with Crippen molar-refractivity contribution in [2.24, 2.45) is 11.8 Å². The van der Waals surface area contributed by atoms with Gasteiger partial charge in [-0.25, -0.2) is 0 Å². The predicted octanol–water partition coefficient (Wildman–Crippen LogP) is 2.22. The lowest BCUT2D eigenvalue weighted by Gasteiger charge is -2.38. The summed E-state index contributed by atoms with van der Waals surface area (Å²) >= 11 is 0. The first-order valence-electron chi connectivity index (χ1n) is 9.77. The molecule has 138 valence electrons. The molecule has 5 nitrogen and oxygen atoms in total. The van der Waals surface area contributed by atoms with E-state index in [1.54, 1.807) is 0 Å². The highest BCUT2D eigenvalue weighted by Crippen LogP contribution is 2.21. The molecule has 2 unspecified atom stereocenters. The highest BCUT2D eigenvalue weighted by molar-refractivity contribution is 5.78. The summed E-state index contributed by atoms with van der Waals surface area (Å²) in [7, 11) is 0. The summed E-state index contributed by atoms with van der Waals surface area (Å²) in [6.45, 7) is 12.1. The highest BCUT2D eigenvalue weighted by Gasteiger charge is 2.28. The van der Waals surface area contributed by atoms with Gasteiger partial charge in [-0.15, -0.1) is 0 Å². The third-order valence-corrected chi connectivity index (χ3v) is 5.30. The lowest BCUT2D eigenvalue weighted by molar-refractivity contribution is -0.136. The molecule has 2 fully saturated rings. The number of piperazine rings is 1. The van der Waals surface area contributed by atoms with Crippen LogP contribution in [0.1, 0.15) is 52.9 Å². The molecule has 0 aromatic carbocycles. The molecule has 24 heavy (non-hydrogen) atoms. The smallest absolute Gasteiger partial charge is 0.236 e. The molecule has 2 aliphatic heterocycles. The standard InChI is InChI=1S/C19H35N3O2/c1-4-5-6-7-18(23)21-10-8-20(9-11-21)15-19(24)22-13-16(2)12-17(3)14-22/h16-17H,4-15H2,1-3H3. The Kier molecular flexibility index (Phi) is 7.53. The van der Waals surface area contributed by atoms with Crippen LogP contribution in [-0.2, 0) is 9.59 Å². The van der Waals surface area contributed by atoms with Gasteiger partial charge in [-0.05, 0) is 24.7 Å². The summed E-state index contributed by atoms with van der Waals surface area (Å²) in [5.41, 5.74) is 0. The average molecular weight is 338 g/mol. The number of hydrogen-bond donors (Lipinski definition) is 0. The molecule has 5 heteroatoms. The van der Waals surface area contributed by atoms with Gasteiger partial charge >= 0.3 is 0 Å². The van der Waals surface area contributed by atoms with Crippen molar-refractivity contribution in [2.75, 3.05) is 45.8 Å². The van der Waals surface area contributed by atoms with Gasteiger partial charge < -0.3 is 9.80 Å². The fourth-order valence-corrected chi connectivity index (χ4v) is 4.00. The first-order valence-corrected chi connectivity index (χ1v) is 9.77. The van der Waals surface area contributed by atoms with Gasteiger partial charge in [0.25, 0.3) is 0 Å². The molecule has 0 radical (unpaired) electrons. The molecular weight excluding hydrogens is 302 g/mol. The molecule has 0 spiro atoms. The van der Waals surface area contributed by atoms with Crippen molar-refractivity contribution < 1.29 is 9.59 Å². The fourth-order valence-electron chi connectivity index (χ4n) is 4.00. The third kappa shape index (κ3) is 5.76. The largest absolute Gasteiger partial charge is 0.341 e. The summed E-state index contributed by atoms with van der Waals surface area (Å²) in [5.74, 6) is 1.76. The van der Waals surface area contributed by atoms with Gasteiger partial charge in [0.2, 0.25) is 11.8 Å². The van der Waals surface area contributed by atoms with E-state index in [0.29, 0.717) is 24.8 Å². The molecule has 0 bridgehead atoms. The lowest BCUT2D eigenvalue weighted by Crippen LogP contribution is -2.53. The van der Waals surface area contributed by atoms with E-state index in [1.807, 2.05) is 9.80 Å². The molecule has 0 aliphatic carbocycles. The van der Waals surface area contributed by atoms with E-state index in [4.69, 9.17) is 0 Å². The minimum Gasteiger partial charge on any atom is -0.341 e. The zero-order chi connectivity index (χ0) is 17.5. The Balaban J connectivity index is 1.70. The number of piperidine rings is 1. The van der Waals surface area contributed by atoms with Gasteiger partial charge in [0.05, 0.1) is 6.54 Å². The van der Waals surface area contributed by atoms with E-state index < -0.39 is 0 Å². The summed E-state index contributed by atoms with van der Waals surface area (Å²) in [4.78, 5) is 30.9. The van der Waals surface area contributed by atoms with Gasteiger partial charge in [0, 0.05) is 45.7 Å². The molecule has 2 aliphatic rings. The number of hydrogen-bond acceptors (Lipinski definition) is 3. The number of rotatable bonds is 6. The number of unbranched alkanes of at least 4 members (excludes halogenated alkanes) is 2. The molecule has 0 N–H and O–H groups in total. The van der Waals surface area contributed by atoms with E-state index in [1.165, 1.54) is 6.42 Å². The maximum Gasteiger partial charge on any atom is 0.236 e. The Morgan fingerprint density at radius 3 is 2.08 bits per heavy atom. The molecule has 2 atom stereocenters. The van der Waals surface area contributed by atoms with Gasteiger partial charge in [-0.3, -0.25) is 14.5 Å². The van der Waals surface area contributed by atoms with Crippen LogP contribution in [0.2, 0.25) is 0 Å². The van der Waals surface area contributed by atoms with Crippen molar-refractivity contribution in [3.63, 3.8) is 0 Å². The second-order valence-corrected chi connectivity index (χ2v) is 7.86. The number of likely N-dealkylation sites (tertiary alicyclic amines) is 1. The van der Waals surface area contributed by atoms with E-state index in [-0.39, 0.29) is 11.8 Å². The Morgan fingerprint density at radius 2 is 1.50 bits per heavy atom. The molecular formula is C19H35N3O2. The van der Waals surface area contributed by atoms with Gasteiger partial charge in [0.1, 0.15) is 0 Å². The van der Waals surface area contributed by atoms with Crippen LogP contribution in [0.3, 0.4) is 0 Å². The molecule has 0 saturated carbocycles. The first-order chi connectivity index (χ1) is 11.5. The predicted molar refractivity (Wildman–Crippen MR) is 96.7 cm³/mol. The third-order valence-electron chi connectivity index (χ3n) is 5.30. The van der Waals surface area contributed by atoms with Crippen LogP contribution < -0.4 is 0 Å². The van der Waals surface area contributed by atoms with Crippen LogP contribution in [0, 0.1) is 11.8 Å². The summed E-state index contributed by atoms with van der Waals surface area (Å²) in [5, 5.41) is 0. The number of carbonyl (C=O) groups excluding carboxylic acids is 2. The molecule has 2 saturated heterocycles. The van der Waals surface area contributed by atoms with Crippen molar-refractivity contribution in [3.05, 3.63) is 0 Å². The Bertz CT molecular complexity index is 409. The van der Waals surface area contributed by atoms with Gasteiger partial charge in [-0.2, -0.15) is 0 Å². The van der Waals surface area contributed by atoms with E-state index in [0.717, 1.165) is 58.5 Å². The second-order valence-electron chi connectivity index (χ2n) is 7.86. The average Bonchev–Trinajstić information content (AvgIpc) is 2.54. The Labute approximate surface area is 147 Å². The van der Waals surface area contributed by atoms with Crippen molar-refractivity contribution in [1.29, 1.82) is 0 Å². The van der Waals surface area contributed by atoms with Crippen LogP contribution in [0.25, 0.3) is 0 Å². The Hall–Kier alpha value is -1.10. The van der Waals surface area contributed by atoms with Gasteiger partial charge in [0.15, 0.2) is 0 Å². The van der Waals surface area contributed by atoms with Crippen LogP contribution in [0.4, 0.5) is 0 Å². The highest BCUT2D eigenvalue weighted by atomic mass is 16.2. The van der Waals surface area contributed by atoms with E-state index in [9.17, 15) is 9.59 Å². The maximum atomic E-state index is 12.6. The minimum absolute atomic E-state index is 0.260. The lowest BCUT2D eigenvalue weighted by atomic mass is 9.92. The summed E-state index contributed by atoms with van der Waals surface area (Å²) in [6.07, 6.45) is 5.18. The van der Waals surface area contributed by atoms with Crippen molar-refractivity contribution in [3.8, 4) is 0 Å². The van der Waals surface area contributed by atoms with E-state index in [2.05, 4.69) is 25.7 Å². The molecule has 2 rings (SSSR count). The number of carbonyl (C=O) groups is 2. The number of amides is 2. The zero-order valence-electron chi connectivity index (χ0n) is 15.8. The molecule has 2 amide bonds. The zero-order valence-corrected chi connectivity index (χ0v) is 15.8. The topological polar surface area (TPSA) is 43.9 Å². The molecule has 0 aromatic heterocycles. The van der Waals surface area contributed by atoms with Crippen molar-refractivity contribution in [2.45, 2.75) is 52.9 Å². The minimum atomic E-state index is 0.260.